The molecule has 0 amide bonds. The van der Waals surface area contributed by atoms with Crippen molar-refractivity contribution in [2.45, 2.75) is 45.1 Å². The number of hydrogen-bond acceptors (Lipinski definition) is 3. The Labute approximate surface area is 121 Å². The molecule has 2 rings (SSSR count). The molecule has 1 atom stereocenters. The van der Waals surface area contributed by atoms with Gasteiger partial charge in [0, 0.05) is 16.6 Å². The fraction of sp³-hybridized carbons (Fsp3) is 0.571. The Morgan fingerprint density at radius 1 is 1.37 bits per heavy atom. The van der Waals surface area contributed by atoms with Crippen molar-refractivity contribution in [3.8, 4) is 0 Å². The van der Waals surface area contributed by atoms with Crippen molar-refractivity contribution >= 4 is 27.3 Å². The Morgan fingerprint density at radius 3 is 2.68 bits per heavy atom. The third-order valence-corrected chi connectivity index (χ3v) is 4.39. The second-order valence-corrected chi connectivity index (χ2v) is 6.17. The monoisotopic (exact) mass is 326 g/mol. The van der Waals surface area contributed by atoms with Crippen LogP contribution in [0.25, 0.3) is 0 Å². The third-order valence-electron chi connectivity index (χ3n) is 3.90. The summed E-state index contributed by atoms with van der Waals surface area (Å²) in [5.41, 5.74) is 0.753. The van der Waals surface area contributed by atoms with Gasteiger partial charge in [-0.2, -0.15) is 0 Å². The van der Waals surface area contributed by atoms with E-state index < -0.39 is 0 Å². The van der Waals surface area contributed by atoms with E-state index in [-0.39, 0.29) is 16.7 Å². The van der Waals surface area contributed by atoms with E-state index in [2.05, 4.69) is 28.2 Å². The van der Waals surface area contributed by atoms with Gasteiger partial charge in [0.05, 0.1) is 4.92 Å². The molecule has 1 N–H and O–H groups in total. The number of nitro groups is 1. The van der Waals surface area contributed by atoms with Crippen LogP contribution in [0.5, 0.6) is 0 Å². The summed E-state index contributed by atoms with van der Waals surface area (Å²) in [4.78, 5) is 10.7. The molecule has 1 aliphatic carbocycles. The summed E-state index contributed by atoms with van der Waals surface area (Å²) >= 11 is 3.28. The first-order chi connectivity index (χ1) is 9.08. The average Bonchev–Trinajstić information content (AvgIpc) is 2.41. The second-order valence-electron chi connectivity index (χ2n) is 5.25. The summed E-state index contributed by atoms with van der Waals surface area (Å²) < 4.78 is 0.732. The topological polar surface area (TPSA) is 55.2 Å². The first-order valence-electron chi connectivity index (χ1n) is 6.78. The Kier molecular flexibility index (Phi) is 4.80. The van der Waals surface area contributed by atoms with Crippen LogP contribution in [0.3, 0.4) is 0 Å². The van der Waals surface area contributed by atoms with Crippen molar-refractivity contribution in [1.29, 1.82) is 0 Å². The summed E-state index contributed by atoms with van der Waals surface area (Å²) in [7, 11) is 0. The summed E-state index contributed by atoms with van der Waals surface area (Å²) in [5, 5.41) is 14.4. The SMILES string of the molecule is CC(Nc1ccc(Br)cc1[N+](=O)[O-])C1CCCCC1. The Bertz CT molecular complexity index is 459. The minimum atomic E-state index is -0.333. The van der Waals surface area contributed by atoms with E-state index in [4.69, 9.17) is 0 Å². The van der Waals surface area contributed by atoms with Gasteiger partial charge in [-0.05, 0) is 37.8 Å². The minimum Gasteiger partial charge on any atom is -0.377 e. The van der Waals surface area contributed by atoms with Crippen molar-refractivity contribution in [3.63, 3.8) is 0 Å². The summed E-state index contributed by atoms with van der Waals surface area (Å²) in [6.07, 6.45) is 6.32. The van der Waals surface area contributed by atoms with Gasteiger partial charge >= 0.3 is 0 Å². The molecule has 0 heterocycles. The molecule has 0 bridgehead atoms. The lowest BCUT2D eigenvalue weighted by Gasteiger charge is -2.28. The van der Waals surface area contributed by atoms with E-state index in [0.717, 1.165) is 4.47 Å². The normalized spacial score (nSPS) is 18.0. The highest BCUT2D eigenvalue weighted by molar-refractivity contribution is 9.10. The number of nitro benzene ring substituents is 1. The Morgan fingerprint density at radius 2 is 2.05 bits per heavy atom. The van der Waals surface area contributed by atoms with Crippen LogP contribution in [0.15, 0.2) is 22.7 Å². The highest BCUT2D eigenvalue weighted by atomic mass is 79.9. The Hall–Kier alpha value is -1.10. The van der Waals surface area contributed by atoms with Crippen LogP contribution in [-0.4, -0.2) is 11.0 Å². The lowest BCUT2D eigenvalue weighted by Crippen LogP contribution is -2.27. The molecular weight excluding hydrogens is 308 g/mol. The fourth-order valence-electron chi connectivity index (χ4n) is 2.78. The van der Waals surface area contributed by atoms with Gasteiger partial charge in [-0.15, -0.1) is 0 Å². The van der Waals surface area contributed by atoms with Gasteiger partial charge in [0.25, 0.3) is 5.69 Å². The standard InChI is InChI=1S/C14H19BrN2O2/c1-10(11-5-3-2-4-6-11)16-13-8-7-12(15)9-14(13)17(18)19/h7-11,16H,2-6H2,1H3. The first kappa shape index (κ1) is 14.3. The van der Waals surface area contributed by atoms with Crippen LogP contribution in [0.4, 0.5) is 11.4 Å². The van der Waals surface area contributed by atoms with Crippen molar-refractivity contribution in [2.75, 3.05) is 5.32 Å². The molecule has 1 fully saturated rings. The van der Waals surface area contributed by atoms with Crippen LogP contribution in [0.2, 0.25) is 0 Å². The highest BCUT2D eigenvalue weighted by Gasteiger charge is 2.22. The van der Waals surface area contributed by atoms with Gasteiger partial charge < -0.3 is 5.32 Å². The van der Waals surface area contributed by atoms with Gasteiger partial charge in [-0.25, -0.2) is 0 Å². The number of nitrogens with one attached hydrogen (secondary N) is 1. The zero-order valence-electron chi connectivity index (χ0n) is 11.1. The van der Waals surface area contributed by atoms with Crippen LogP contribution in [-0.2, 0) is 0 Å². The molecular formula is C14H19BrN2O2. The van der Waals surface area contributed by atoms with Gasteiger partial charge in [0.1, 0.15) is 5.69 Å². The van der Waals surface area contributed by atoms with E-state index in [1.165, 1.54) is 32.1 Å². The van der Waals surface area contributed by atoms with E-state index in [1.54, 1.807) is 12.1 Å². The first-order valence-corrected chi connectivity index (χ1v) is 7.57. The smallest absolute Gasteiger partial charge is 0.293 e. The molecule has 1 aliphatic rings. The molecule has 1 aromatic rings. The lowest BCUT2D eigenvalue weighted by molar-refractivity contribution is -0.384. The van der Waals surface area contributed by atoms with Crippen LogP contribution in [0.1, 0.15) is 39.0 Å². The molecule has 4 nitrogen and oxygen atoms in total. The predicted octanol–water partition coefficient (Wildman–Crippen LogP) is 4.74. The average molecular weight is 327 g/mol. The number of benzene rings is 1. The molecule has 0 aliphatic heterocycles. The summed E-state index contributed by atoms with van der Waals surface area (Å²) in [6.45, 7) is 2.13. The van der Waals surface area contributed by atoms with Crippen molar-refractivity contribution in [2.24, 2.45) is 5.92 Å². The molecule has 0 spiro atoms. The molecule has 0 aromatic heterocycles. The number of halogens is 1. The van der Waals surface area contributed by atoms with E-state index in [9.17, 15) is 10.1 Å². The third kappa shape index (κ3) is 3.69. The van der Waals surface area contributed by atoms with E-state index >= 15 is 0 Å². The number of anilines is 1. The molecule has 1 unspecified atom stereocenters. The van der Waals surface area contributed by atoms with Gasteiger partial charge in [-0.1, -0.05) is 35.2 Å². The molecule has 5 heteroatoms. The van der Waals surface area contributed by atoms with Crippen molar-refractivity contribution < 1.29 is 4.92 Å². The molecule has 0 saturated heterocycles. The van der Waals surface area contributed by atoms with Crippen LogP contribution < -0.4 is 5.32 Å². The molecule has 0 radical (unpaired) electrons. The van der Waals surface area contributed by atoms with E-state index in [1.807, 2.05) is 6.07 Å². The van der Waals surface area contributed by atoms with Gasteiger partial charge in [0.2, 0.25) is 0 Å². The number of rotatable bonds is 4. The predicted molar refractivity (Wildman–Crippen MR) is 80.5 cm³/mol. The molecule has 19 heavy (non-hydrogen) atoms. The number of nitrogens with zero attached hydrogens (tertiary/aromatic N) is 1. The minimum absolute atomic E-state index is 0.136. The molecule has 1 aromatic carbocycles. The lowest BCUT2D eigenvalue weighted by atomic mass is 9.84. The maximum absolute atomic E-state index is 11.1. The number of hydrogen-bond donors (Lipinski definition) is 1. The zero-order valence-corrected chi connectivity index (χ0v) is 12.6. The zero-order chi connectivity index (χ0) is 13.8. The quantitative estimate of drug-likeness (QED) is 0.642. The Balaban J connectivity index is 2.11. The van der Waals surface area contributed by atoms with E-state index in [0.29, 0.717) is 11.6 Å². The van der Waals surface area contributed by atoms with Gasteiger partial charge in [-0.3, -0.25) is 10.1 Å². The van der Waals surface area contributed by atoms with Crippen LogP contribution >= 0.6 is 15.9 Å². The maximum atomic E-state index is 11.1. The highest BCUT2D eigenvalue weighted by Crippen LogP contribution is 2.32. The largest absolute Gasteiger partial charge is 0.377 e. The summed E-state index contributed by atoms with van der Waals surface area (Å²) in [5.74, 6) is 0.622. The maximum Gasteiger partial charge on any atom is 0.293 e. The summed E-state index contributed by atoms with van der Waals surface area (Å²) in [6, 6.07) is 5.44. The fourth-order valence-corrected chi connectivity index (χ4v) is 3.12. The molecule has 1 saturated carbocycles. The second kappa shape index (κ2) is 6.37. The molecule has 104 valence electrons. The van der Waals surface area contributed by atoms with Crippen LogP contribution in [0, 0.1) is 16.0 Å². The van der Waals surface area contributed by atoms with Crippen molar-refractivity contribution in [3.05, 3.63) is 32.8 Å². The van der Waals surface area contributed by atoms with Gasteiger partial charge in [0.15, 0.2) is 0 Å². The van der Waals surface area contributed by atoms with Crippen molar-refractivity contribution in [1.82, 2.24) is 0 Å².